The first kappa shape index (κ1) is 17.9. The van der Waals surface area contributed by atoms with Gasteiger partial charge in [-0.25, -0.2) is 15.0 Å². The van der Waals surface area contributed by atoms with Gasteiger partial charge in [0, 0.05) is 0 Å². The van der Waals surface area contributed by atoms with Crippen LogP contribution in [-0.4, -0.2) is 42.8 Å². The van der Waals surface area contributed by atoms with Gasteiger partial charge in [-0.1, -0.05) is 5.16 Å². The van der Waals surface area contributed by atoms with Gasteiger partial charge >= 0.3 is 12.1 Å². The van der Waals surface area contributed by atoms with E-state index in [1.807, 2.05) is 0 Å². The van der Waals surface area contributed by atoms with Gasteiger partial charge < -0.3 is 14.3 Å². The van der Waals surface area contributed by atoms with Crippen LogP contribution in [0.1, 0.15) is 34.6 Å². The summed E-state index contributed by atoms with van der Waals surface area (Å²) in [6.07, 6.45) is -0.738. The monoisotopic (exact) mass is 287 g/mol. The van der Waals surface area contributed by atoms with E-state index in [-0.39, 0.29) is 18.0 Å². The van der Waals surface area contributed by atoms with Crippen molar-refractivity contribution in [2.75, 3.05) is 13.7 Å². The quantitative estimate of drug-likeness (QED) is 0.469. The Labute approximate surface area is 118 Å². The number of nitrogens with zero attached hydrogens (tertiary/aromatic N) is 2. The number of hydrogen-bond donors (Lipinski definition) is 1. The molecule has 20 heavy (non-hydrogen) atoms. The first-order valence-electron chi connectivity index (χ1n) is 6.03. The highest BCUT2D eigenvalue weighted by atomic mass is 16.6. The van der Waals surface area contributed by atoms with Crippen molar-refractivity contribution in [3.63, 3.8) is 0 Å². The fourth-order valence-corrected chi connectivity index (χ4v) is 1.03. The summed E-state index contributed by atoms with van der Waals surface area (Å²) in [7, 11) is 1.29. The van der Waals surface area contributed by atoms with Crippen molar-refractivity contribution >= 4 is 23.5 Å². The molecule has 0 radical (unpaired) electrons. The number of oxime groups is 1. The molecule has 0 aromatic rings. The molecule has 8 heteroatoms. The van der Waals surface area contributed by atoms with E-state index in [0.29, 0.717) is 0 Å². The predicted molar refractivity (Wildman–Crippen MR) is 73.6 cm³/mol. The Kier molecular flexibility index (Phi) is 7.27. The highest BCUT2D eigenvalue weighted by molar-refractivity contribution is 6.65. The van der Waals surface area contributed by atoms with Gasteiger partial charge in [-0.3, -0.25) is 0 Å². The lowest BCUT2D eigenvalue weighted by Gasteiger charge is -2.18. The Hall–Kier alpha value is -2.12. The van der Waals surface area contributed by atoms with Crippen LogP contribution in [0, 0.1) is 0 Å². The van der Waals surface area contributed by atoms with Crippen molar-refractivity contribution in [1.29, 1.82) is 0 Å². The van der Waals surface area contributed by atoms with Crippen LogP contribution >= 0.6 is 0 Å². The third kappa shape index (κ3) is 7.34. The van der Waals surface area contributed by atoms with Gasteiger partial charge in [-0.05, 0) is 34.6 Å². The molecule has 0 saturated heterocycles. The van der Waals surface area contributed by atoms with Crippen LogP contribution in [0.15, 0.2) is 10.3 Å². The molecule has 8 nitrogen and oxygen atoms in total. The zero-order chi connectivity index (χ0) is 15.8. The Morgan fingerprint density at radius 1 is 1.25 bits per heavy atom. The minimum absolute atomic E-state index is 0.134. The zero-order valence-electron chi connectivity index (χ0n) is 12.6. The molecular formula is C12H21N3O5. The van der Waals surface area contributed by atoms with Crippen LogP contribution < -0.4 is 5.43 Å². The van der Waals surface area contributed by atoms with Gasteiger partial charge in [-0.15, -0.1) is 0 Å². The van der Waals surface area contributed by atoms with Crippen LogP contribution in [0.4, 0.5) is 4.79 Å². The largest absolute Gasteiger partial charge is 0.461 e. The number of amides is 1. The number of hydrazone groups is 1. The van der Waals surface area contributed by atoms with E-state index in [0.717, 1.165) is 0 Å². The summed E-state index contributed by atoms with van der Waals surface area (Å²) >= 11 is 0. The van der Waals surface area contributed by atoms with Crippen molar-refractivity contribution in [2.24, 2.45) is 10.3 Å². The second kappa shape index (κ2) is 8.13. The highest BCUT2D eigenvalue weighted by Crippen LogP contribution is 2.06. The lowest BCUT2D eigenvalue weighted by Crippen LogP contribution is -2.32. The van der Waals surface area contributed by atoms with E-state index in [2.05, 4.69) is 20.5 Å². The molecule has 0 aliphatic heterocycles. The molecule has 0 bridgehead atoms. The summed E-state index contributed by atoms with van der Waals surface area (Å²) in [5.74, 6) is -0.693. The van der Waals surface area contributed by atoms with E-state index >= 15 is 0 Å². The van der Waals surface area contributed by atoms with Crippen molar-refractivity contribution in [3.05, 3.63) is 0 Å². The number of hydrogen-bond acceptors (Lipinski definition) is 7. The second-order valence-electron chi connectivity index (χ2n) is 4.65. The maximum Gasteiger partial charge on any atom is 0.428 e. The Balaban J connectivity index is 4.79. The van der Waals surface area contributed by atoms with Crippen LogP contribution in [0.3, 0.4) is 0 Å². The number of ether oxygens (including phenoxy) is 2. The second-order valence-corrected chi connectivity index (χ2v) is 4.65. The average Bonchev–Trinajstić information content (AvgIpc) is 2.31. The summed E-state index contributed by atoms with van der Waals surface area (Å²) in [6.45, 7) is 8.49. The molecule has 0 heterocycles. The molecule has 1 amide bonds. The fourth-order valence-electron chi connectivity index (χ4n) is 1.03. The first-order chi connectivity index (χ1) is 9.21. The van der Waals surface area contributed by atoms with E-state index < -0.39 is 17.7 Å². The molecular weight excluding hydrogens is 266 g/mol. The minimum atomic E-state index is -0.738. The summed E-state index contributed by atoms with van der Waals surface area (Å²) < 4.78 is 9.78. The smallest absolute Gasteiger partial charge is 0.428 e. The molecule has 0 aromatic carbocycles. The summed E-state index contributed by atoms with van der Waals surface area (Å²) in [4.78, 5) is 27.5. The third-order valence-electron chi connectivity index (χ3n) is 1.71. The molecule has 1 N–H and O–H groups in total. The Morgan fingerprint density at radius 2 is 1.85 bits per heavy atom. The summed E-state index contributed by atoms with van der Waals surface area (Å²) in [6, 6.07) is 0. The van der Waals surface area contributed by atoms with E-state index in [9.17, 15) is 9.59 Å². The number of rotatable bonds is 5. The van der Waals surface area contributed by atoms with E-state index in [1.54, 1.807) is 27.7 Å². The van der Waals surface area contributed by atoms with E-state index in [4.69, 9.17) is 9.47 Å². The lowest BCUT2D eigenvalue weighted by molar-refractivity contribution is -0.135. The topological polar surface area (TPSA) is 98.6 Å². The lowest BCUT2D eigenvalue weighted by atomic mass is 10.2. The van der Waals surface area contributed by atoms with E-state index in [1.165, 1.54) is 14.0 Å². The van der Waals surface area contributed by atoms with Gasteiger partial charge in [0.25, 0.3) is 0 Å². The summed E-state index contributed by atoms with van der Waals surface area (Å²) in [5.41, 5.74) is 1.52. The molecule has 0 rings (SSSR count). The standard InChI is InChI=1S/C12H21N3O5/c1-7-19-10(16)9(15-18-6)8(2)13-14-11(17)20-12(3,4)5/h7H2,1-6H3,(H,14,17). The van der Waals surface area contributed by atoms with Crippen LogP contribution in [0.2, 0.25) is 0 Å². The first-order valence-corrected chi connectivity index (χ1v) is 6.03. The maximum atomic E-state index is 11.6. The molecule has 0 aromatic heterocycles. The van der Waals surface area contributed by atoms with Gasteiger partial charge in [0.2, 0.25) is 5.71 Å². The normalized spacial score (nSPS) is 12.7. The molecule has 0 aliphatic carbocycles. The average molecular weight is 287 g/mol. The molecule has 0 atom stereocenters. The van der Waals surface area contributed by atoms with Crippen LogP contribution in [0.25, 0.3) is 0 Å². The number of esters is 1. The van der Waals surface area contributed by atoms with Gasteiger partial charge in [0.1, 0.15) is 12.7 Å². The third-order valence-corrected chi connectivity index (χ3v) is 1.71. The Bertz CT molecular complexity index is 410. The SMILES string of the molecule is CCOC(=O)C(=NOC)C(C)=NNC(=O)OC(C)(C)C. The van der Waals surface area contributed by atoms with Crippen LogP contribution in [-0.2, 0) is 19.1 Å². The highest BCUT2D eigenvalue weighted by Gasteiger charge is 2.19. The maximum absolute atomic E-state index is 11.6. The minimum Gasteiger partial charge on any atom is -0.461 e. The zero-order valence-corrected chi connectivity index (χ0v) is 12.6. The van der Waals surface area contributed by atoms with Crippen molar-refractivity contribution < 1.29 is 23.9 Å². The molecule has 114 valence electrons. The molecule has 0 spiro atoms. The van der Waals surface area contributed by atoms with Crippen molar-refractivity contribution in [1.82, 2.24) is 5.43 Å². The van der Waals surface area contributed by atoms with Crippen molar-refractivity contribution in [3.8, 4) is 0 Å². The van der Waals surface area contributed by atoms with Crippen LogP contribution in [0.5, 0.6) is 0 Å². The molecule has 0 fully saturated rings. The number of nitrogens with one attached hydrogen (secondary N) is 1. The Morgan fingerprint density at radius 3 is 2.30 bits per heavy atom. The van der Waals surface area contributed by atoms with Gasteiger partial charge in [-0.2, -0.15) is 5.10 Å². The predicted octanol–water partition coefficient (Wildman–Crippen LogP) is 1.45. The van der Waals surface area contributed by atoms with Gasteiger partial charge in [0.05, 0.1) is 12.3 Å². The summed E-state index contributed by atoms with van der Waals surface area (Å²) in [5, 5.41) is 7.23. The molecule has 0 aliphatic rings. The van der Waals surface area contributed by atoms with Gasteiger partial charge in [0.15, 0.2) is 0 Å². The molecule has 0 saturated carbocycles. The fraction of sp³-hybridized carbons (Fsp3) is 0.667. The number of carbonyl (C=O) groups is 2. The molecule has 0 unspecified atom stereocenters. The number of carbonyl (C=O) groups excluding carboxylic acids is 2. The van der Waals surface area contributed by atoms with Crippen molar-refractivity contribution in [2.45, 2.75) is 40.2 Å².